The fraction of sp³-hybridized carbons (Fsp3) is 0.188. The molecule has 7 nitrogen and oxygen atoms in total. The van der Waals surface area contributed by atoms with Crippen LogP contribution in [0.3, 0.4) is 0 Å². The minimum Gasteiger partial charge on any atom is -0.477 e. The molecular formula is C16H13N3O4. The third-order valence-electron chi connectivity index (χ3n) is 4.12. The number of hydrogen-bond donors (Lipinski definition) is 1. The molecule has 0 bridgehead atoms. The molecule has 0 saturated heterocycles. The molecule has 0 atom stereocenters. The molecule has 0 unspecified atom stereocenters. The van der Waals surface area contributed by atoms with E-state index in [0.29, 0.717) is 24.5 Å². The van der Waals surface area contributed by atoms with Crippen LogP contribution in [0.2, 0.25) is 0 Å². The molecule has 1 aromatic carbocycles. The Morgan fingerprint density at radius 2 is 2.13 bits per heavy atom. The quantitative estimate of drug-likeness (QED) is 0.768. The maximum atomic E-state index is 12.4. The van der Waals surface area contributed by atoms with Crippen molar-refractivity contribution >= 4 is 17.0 Å². The summed E-state index contributed by atoms with van der Waals surface area (Å²) in [4.78, 5) is 33.4. The Morgan fingerprint density at radius 1 is 1.35 bits per heavy atom. The van der Waals surface area contributed by atoms with E-state index in [0.717, 1.165) is 21.3 Å². The largest absolute Gasteiger partial charge is 0.477 e. The molecule has 1 aliphatic heterocycles. The van der Waals surface area contributed by atoms with E-state index in [1.54, 1.807) is 0 Å². The van der Waals surface area contributed by atoms with E-state index in [2.05, 4.69) is 4.98 Å². The van der Waals surface area contributed by atoms with Gasteiger partial charge in [0.1, 0.15) is 18.4 Å². The highest BCUT2D eigenvalue weighted by Gasteiger charge is 2.27. The lowest BCUT2D eigenvalue weighted by Crippen LogP contribution is -2.34. The minimum absolute atomic E-state index is 0.296. The third-order valence-corrected chi connectivity index (χ3v) is 4.12. The van der Waals surface area contributed by atoms with Crippen molar-refractivity contribution in [1.82, 2.24) is 14.3 Å². The lowest BCUT2D eigenvalue weighted by atomic mass is 10.0. The van der Waals surface area contributed by atoms with Crippen LogP contribution >= 0.6 is 0 Å². The van der Waals surface area contributed by atoms with Gasteiger partial charge < -0.3 is 14.5 Å². The zero-order valence-electron chi connectivity index (χ0n) is 12.3. The number of carboxylic acids is 1. The van der Waals surface area contributed by atoms with Gasteiger partial charge in [0.2, 0.25) is 0 Å². The second-order valence-corrected chi connectivity index (χ2v) is 5.34. The number of hydrogen-bond acceptors (Lipinski definition) is 4. The smallest absolute Gasteiger partial charge is 0.341 e. The summed E-state index contributed by atoms with van der Waals surface area (Å²) in [6.45, 7) is 0.670. The van der Waals surface area contributed by atoms with E-state index >= 15 is 0 Å². The molecule has 0 fully saturated rings. The van der Waals surface area contributed by atoms with Crippen molar-refractivity contribution in [2.24, 2.45) is 0 Å². The van der Waals surface area contributed by atoms with Crippen LogP contribution in [-0.2, 0) is 13.0 Å². The van der Waals surface area contributed by atoms with Crippen molar-refractivity contribution in [2.75, 3.05) is 7.11 Å². The van der Waals surface area contributed by atoms with Crippen LogP contribution in [0.1, 0.15) is 15.9 Å². The van der Waals surface area contributed by atoms with Crippen LogP contribution in [0.15, 0.2) is 35.1 Å². The van der Waals surface area contributed by atoms with Crippen molar-refractivity contribution in [3.63, 3.8) is 0 Å². The SMILES string of the molecule is COn1c2c(cc(C(=O)O)c1=O)CCn1c-2nc2ccccc21. The average molecular weight is 311 g/mol. The third kappa shape index (κ3) is 1.79. The number of para-hydroxylation sites is 2. The summed E-state index contributed by atoms with van der Waals surface area (Å²) < 4.78 is 3.04. The van der Waals surface area contributed by atoms with Gasteiger partial charge in [-0.05, 0) is 30.2 Å². The fourth-order valence-corrected chi connectivity index (χ4v) is 3.11. The molecule has 1 N–H and O–H groups in total. The first-order valence-corrected chi connectivity index (χ1v) is 7.14. The summed E-state index contributed by atoms with van der Waals surface area (Å²) in [7, 11) is 1.34. The Kier molecular flexibility index (Phi) is 2.77. The molecule has 3 aromatic rings. The van der Waals surface area contributed by atoms with Crippen LogP contribution in [0.4, 0.5) is 0 Å². The van der Waals surface area contributed by atoms with Gasteiger partial charge in [-0.3, -0.25) is 4.79 Å². The van der Waals surface area contributed by atoms with Crippen LogP contribution in [-0.4, -0.2) is 32.5 Å². The molecule has 2 aromatic heterocycles. The molecule has 1 aliphatic rings. The lowest BCUT2D eigenvalue weighted by Gasteiger charge is -2.22. The van der Waals surface area contributed by atoms with Crippen molar-refractivity contribution in [3.05, 3.63) is 51.8 Å². The number of aromatic carboxylic acids is 1. The van der Waals surface area contributed by atoms with E-state index in [1.807, 2.05) is 28.8 Å². The molecule has 7 heteroatoms. The normalized spacial score (nSPS) is 12.7. The Bertz CT molecular complexity index is 1020. The Hall–Kier alpha value is -3.09. The van der Waals surface area contributed by atoms with Crippen LogP contribution in [0.5, 0.6) is 0 Å². The average Bonchev–Trinajstić information content (AvgIpc) is 2.93. The highest BCUT2D eigenvalue weighted by Crippen LogP contribution is 2.31. The predicted octanol–water partition coefficient (Wildman–Crippen LogP) is 1.18. The van der Waals surface area contributed by atoms with E-state index in [-0.39, 0.29) is 5.56 Å². The van der Waals surface area contributed by atoms with Gasteiger partial charge in [-0.2, -0.15) is 0 Å². The van der Waals surface area contributed by atoms with Gasteiger partial charge in [-0.25, -0.2) is 9.78 Å². The van der Waals surface area contributed by atoms with Crippen molar-refractivity contribution in [2.45, 2.75) is 13.0 Å². The second-order valence-electron chi connectivity index (χ2n) is 5.34. The van der Waals surface area contributed by atoms with E-state index in [4.69, 9.17) is 4.84 Å². The van der Waals surface area contributed by atoms with Gasteiger partial charge in [0, 0.05) is 6.54 Å². The lowest BCUT2D eigenvalue weighted by molar-refractivity contribution is 0.0687. The Labute approximate surface area is 130 Å². The first-order chi connectivity index (χ1) is 11.1. The molecule has 0 spiro atoms. The van der Waals surface area contributed by atoms with E-state index in [9.17, 15) is 14.7 Å². The topological polar surface area (TPSA) is 86.4 Å². The molecule has 0 aliphatic carbocycles. The van der Waals surface area contributed by atoms with Gasteiger partial charge in [0.05, 0.1) is 11.0 Å². The standard InChI is InChI=1S/C16H13N3O4/c1-23-19-13-9(8-10(15(19)20)16(21)22)6-7-18-12-5-3-2-4-11(12)17-14(13)18/h2-5,8H,6-7H2,1H3,(H,21,22). The van der Waals surface area contributed by atoms with Crippen molar-refractivity contribution in [1.29, 1.82) is 0 Å². The first kappa shape index (κ1) is 13.6. The highest BCUT2D eigenvalue weighted by atomic mass is 16.6. The highest BCUT2D eigenvalue weighted by molar-refractivity contribution is 5.88. The molecule has 3 heterocycles. The monoisotopic (exact) mass is 311 g/mol. The summed E-state index contributed by atoms with van der Waals surface area (Å²) in [5.41, 5.74) is 2.07. The first-order valence-electron chi connectivity index (χ1n) is 7.14. The van der Waals surface area contributed by atoms with Gasteiger partial charge in [-0.1, -0.05) is 12.1 Å². The number of carboxylic acid groups (broad SMARTS) is 1. The molecule has 4 rings (SSSR count). The maximum absolute atomic E-state index is 12.4. The molecule has 0 radical (unpaired) electrons. The molecular weight excluding hydrogens is 298 g/mol. The summed E-state index contributed by atoms with van der Waals surface area (Å²) in [5, 5.41) is 9.21. The fourth-order valence-electron chi connectivity index (χ4n) is 3.11. The number of fused-ring (bicyclic) bond motifs is 5. The van der Waals surface area contributed by atoms with Crippen LogP contribution < -0.4 is 10.4 Å². The van der Waals surface area contributed by atoms with Gasteiger partial charge in [0.15, 0.2) is 5.82 Å². The number of imidazole rings is 1. The summed E-state index contributed by atoms with van der Waals surface area (Å²) in [5.74, 6) is -0.647. The number of aromatic nitrogens is 3. The number of carbonyl (C=O) groups is 1. The molecule has 0 amide bonds. The minimum atomic E-state index is -1.26. The van der Waals surface area contributed by atoms with E-state index < -0.39 is 11.5 Å². The second kappa shape index (κ2) is 4.70. The Morgan fingerprint density at radius 3 is 2.87 bits per heavy atom. The molecule has 23 heavy (non-hydrogen) atoms. The molecule has 0 saturated carbocycles. The predicted molar refractivity (Wildman–Crippen MR) is 82.6 cm³/mol. The number of nitrogens with zero attached hydrogens (tertiary/aromatic N) is 3. The van der Waals surface area contributed by atoms with Gasteiger partial charge in [-0.15, -0.1) is 4.73 Å². The summed E-state index contributed by atoms with van der Waals surface area (Å²) in [6.07, 6.45) is 0.604. The number of pyridine rings is 1. The number of rotatable bonds is 2. The van der Waals surface area contributed by atoms with Gasteiger partial charge in [0.25, 0.3) is 5.56 Å². The Balaban J connectivity index is 2.10. The van der Waals surface area contributed by atoms with Gasteiger partial charge >= 0.3 is 5.97 Å². The van der Waals surface area contributed by atoms with Crippen molar-refractivity contribution < 1.29 is 14.7 Å². The van der Waals surface area contributed by atoms with Crippen molar-refractivity contribution in [3.8, 4) is 11.5 Å². The van der Waals surface area contributed by atoms with Crippen LogP contribution in [0, 0.1) is 0 Å². The maximum Gasteiger partial charge on any atom is 0.341 e. The zero-order chi connectivity index (χ0) is 16.1. The zero-order valence-corrected chi connectivity index (χ0v) is 12.3. The number of benzene rings is 1. The van der Waals surface area contributed by atoms with Crippen LogP contribution in [0.25, 0.3) is 22.6 Å². The number of aryl methyl sites for hydroxylation is 2. The summed E-state index contributed by atoms with van der Waals surface area (Å²) >= 11 is 0. The summed E-state index contributed by atoms with van der Waals surface area (Å²) in [6, 6.07) is 9.14. The van der Waals surface area contributed by atoms with E-state index in [1.165, 1.54) is 13.2 Å². The molecule has 116 valence electrons.